The molecule has 2 aromatic rings. The van der Waals surface area contributed by atoms with E-state index in [-0.39, 0.29) is 17.6 Å². The molecule has 0 aliphatic rings. The molecule has 2 N–H and O–H groups in total. The topological polar surface area (TPSA) is 97.4 Å². The minimum absolute atomic E-state index is 0.0425. The van der Waals surface area contributed by atoms with Gasteiger partial charge in [0.15, 0.2) is 0 Å². The molecule has 0 radical (unpaired) electrons. The number of nitrogens with one attached hydrogen (secondary N) is 2. The average molecular weight is 369 g/mol. The summed E-state index contributed by atoms with van der Waals surface area (Å²) >= 11 is 0. The number of pyridine rings is 1. The van der Waals surface area contributed by atoms with Gasteiger partial charge in [0.2, 0.25) is 0 Å². The highest BCUT2D eigenvalue weighted by Crippen LogP contribution is 2.12. The number of nitrogens with zero attached hydrogens (tertiary/aromatic N) is 1. The molecule has 7 heteroatoms. The van der Waals surface area contributed by atoms with E-state index >= 15 is 0 Å². The number of anilines is 1. The van der Waals surface area contributed by atoms with E-state index in [0.29, 0.717) is 23.4 Å². The Morgan fingerprint density at radius 1 is 1.04 bits per heavy atom. The van der Waals surface area contributed by atoms with E-state index in [4.69, 9.17) is 4.74 Å². The zero-order valence-electron chi connectivity index (χ0n) is 15.6. The van der Waals surface area contributed by atoms with Crippen molar-refractivity contribution in [2.75, 3.05) is 11.9 Å². The number of benzene rings is 1. The highest BCUT2D eigenvalue weighted by Gasteiger charge is 2.14. The first kappa shape index (κ1) is 20.1. The fourth-order valence-electron chi connectivity index (χ4n) is 2.20. The molecule has 0 aliphatic carbocycles. The van der Waals surface area contributed by atoms with Gasteiger partial charge in [0.25, 0.3) is 11.8 Å². The fraction of sp³-hybridized carbons (Fsp3) is 0.300. The Bertz CT molecular complexity index is 818. The third-order valence-corrected chi connectivity index (χ3v) is 3.90. The Kier molecular flexibility index (Phi) is 7.05. The van der Waals surface area contributed by atoms with Gasteiger partial charge in [-0.1, -0.05) is 6.92 Å². The Morgan fingerprint density at radius 3 is 2.37 bits per heavy atom. The van der Waals surface area contributed by atoms with Crippen molar-refractivity contribution in [3.63, 3.8) is 0 Å². The van der Waals surface area contributed by atoms with E-state index in [1.807, 2.05) is 13.8 Å². The molecule has 7 nitrogen and oxygen atoms in total. The van der Waals surface area contributed by atoms with Crippen molar-refractivity contribution >= 4 is 23.5 Å². The minimum Gasteiger partial charge on any atom is -0.462 e. The van der Waals surface area contributed by atoms with Crippen LogP contribution in [0.1, 0.15) is 58.4 Å². The van der Waals surface area contributed by atoms with Crippen LogP contribution in [0.25, 0.3) is 0 Å². The molecule has 0 saturated carbocycles. The number of hydrogen-bond donors (Lipinski definition) is 2. The Labute approximate surface area is 158 Å². The van der Waals surface area contributed by atoms with Gasteiger partial charge in [0.1, 0.15) is 5.69 Å². The molecule has 1 unspecified atom stereocenters. The van der Waals surface area contributed by atoms with Crippen molar-refractivity contribution in [2.45, 2.75) is 33.2 Å². The van der Waals surface area contributed by atoms with Crippen LogP contribution >= 0.6 is 0 Å². The zero-order valence-corrected chi connectivity index (χ0v) is 15.6. The Morgan fingerprint density at radius 2 is 1.74 bits per heavy atom. The molecule has 2 amide bonds. The van der Waals surface area contributed by atoms with Gasteiger partial charge in [0, 0.05) is 23.5 Å². The van der Waals surface area contributed by atoms with Crippen molar-refractivity contribution in [2.24, 2.45) is 0 Å². The first-order valence-electron chi connectivity index (χ1n) is 8.80. The molecule has 1 aromatic heterocycles. The second kappa shape index (κ2) is 9.47. The van der Waals surface area contributed by atoms with Gasteiger partial charge in [-0.05, 0) is 56.7 Å². The number of ether oxygens (including phenoxy) is 1. The van der Waals surface area contributed by atoms with Crippen LogP contribution in [0.15, 0.2) is 42.6 Å². The molecule has 0 bridgehead atoms. The highest BCUT2D eigenvalue weighted by molar-refractivity contribution is 6.05. The second-order valence-corrected chi connectivity index (χ2v) is 5.96. The SMILES string of the molecule is CCOC(=O)c1ccc(NC(=O)c2cc(C(=O)NC(C)CC)ccn2)cc1. The van der Waals surface area contributed by atoms with Gasteiger partial charge in [-0.2, -0.15) is 0 Å². The Balaban J connectivity index is 2.06. The molecular formula is C20H23N3O4. The smallest absolute Gasteiger partial charge is 0.338 e. The first-order valence-corrected chi connectivity index (χ1v) is 8.80. The van der Waals surface area contributed by atoms with Crippen LogP contribution in [0.3, 0.4) is 0 Å². The maximum Gasteiger partial charge on any atom is 0.338 e. The third kappa shape index (κ3) is 5.64. The van der Waals surface area contributed by atoms with Crippen molar-refractivity contribution in [1.82, 2.24) is 10.3 Å². The lowest BCUT2D eigenvalue weighted by Crippen LogP contribution is -2.32. The number of amides is 2. The molecular weight excluding hydrogens is 346 g/mol. The van der Waals surface area contributed by atoms with Gasteiger partial charge in [-0.3, -0.25) is 14.6 Å². The lowest BCUT2D eigenvalue weighted by atomic mass is 10.1. The molecule has 0 spiro atoms. The third-order valence-electron chi connectivity index (χ3n) is 3.90. The molecule has 0 saturated heterocycles. The lowest BCUT2D eigenvalue weighted by molar-refractivity contribution is 0.0526. The quantitative estimate of drug-likeness (QED) is 0.731. The largest absolute Gasteiger partial charge is 0.462 e. The summed E-state index contributed by atoms with van der Waals surface area (Å²) in [5, 5.41) is 5.54. The van der Waals surface area contributed by atoms with Gasteiger partial charge >= 0.3 is 5.97 Å². The summed E-state index contributed by atoms with van der Waals surface area (Å²) < 4.78 is 4.92. The summed E-state index contributed by atoms with van der Waals surface area (Å²) in [4.78, 5) is 40.2. The molecule has 1 heterocycles. The van der Waals surface area contributed by atoms with Gasteiger partial charge in [0.05, 0.1) is 12.2 Å². The molecule has 142 valence electrons. The number of hydrogen-bond acceptors (Lipinski definition) is 5. The van der Waals surface area contributed by atoms with E-state index in [1.165, 1.54) is 12.3 Å². The number of rotatable bonds is 7. The molecule has 0 fully saturated rings. The molecule has 0 aliphatic heterocycles. The van der Waals surface area contributed by atoms with Gasteiger partial charge in [-0.15, -0.1) is 0 Å². The maximum atomic E-state index is 12.4. The van der Waals surface area contributed by atoms with Gasteiger partial charge in [-0.25, -0.2) is 4.79 Å². The van der Waals surface area contributed by atoms with E-state index < -0.39 is 11.9 Å². The Hall–Kier alpha value is -3.22. The fourth-order valence-corrected chi connectivity index (χ4v) is 2.20. The summed E-state index contributed by atoms with van der Waals surface area (Å²) in [5.41, 5.74) is 1.40. The summed E-state index contributed by atoms with van der Waals surface area (Å²) in [6.07, 6.45) is 2.23. The van der Waals surface area contributed by atoms with E-state index in [2.05, 4.69) is 15.6 Å². The number of carbonyl (C=O) groups excluding carboxylic acids is 3. The minimum atomic E-state index is -0.447. The summed E-state index contributed by atoms with van der Waals surface area (Å²) in [5.74, 6) is -1.12. The van der Waals surface area contributed by atoms with Crippen LogP contribution in [0.4, 0.5) is 5.69 Å². The van der Waals surface area contributed by atoms with Crippen molar-refractivity contribution in [1.29, 1.82) is 0 Å². The van der Waals surface area contributed by atoms with Gasteiger partial charge < -0.3 is 15.4 Å². The van der Waals surface area contributed by atoms with Crippen LogP contribution < -0.4 is 10.6 Å². The van der Waals surface area contributed by atoms with Crippen LogP contribution in [0.2, 0.25) is 0 Å². The van der Waals surface area contributed by atoms with Crippen LogP contribution in [-0.2, 0) is 4.74 Å². The summed E-state index contributed by atoms with van der Waals surface area (Å²) in [6.45, 7) is 5.91. The van der Waals surface area contributed by atoms with Crippen LogP contribution in [0.5, 0.6) is 0 Å². The predicted molar refractivity (Wildman–Crippen MR) is 102 cm³/mol. The molecule has 1 atom stereocenters. The van der Waals surface area contributed by atoms with Crippen molar-refractivity contribution in [3.8, 4) is 0 Å². The molecule has 1 aromatic carbocycles. The standard InChI is InChI=1S/C20H23N3O4/c1-4-13(3)22-18(24)15-10-11-21-17(12-15)19(25)23-16-8-6-14(7-9-16)20(26)27-5-2/h6-13H,4-5H2,1-3H3,(H,22,24)(H,23,25). The lowest BCUT2D eigenvalue weighted by Gasteiger charge is -2.11. The molecule has 2 rings (SSSR count). The average Bonchev–Trinajstić information content (AvgIpc) is 2.68. The zero-order chi connectivity index (χ0) is 19.8. The van der Waals surface area contributed by atoms with E-state index in [0.717, 1.165) is 6.42 Å². The normalized spacial score (nSPS) is 11.4. The number of aromatic nitrogens is 1. The second-order valence-electron chi connectivity index (χ2n) is 5.96. The van der Waals surface area contributed by atoms with E-state index in [9.17, 15) is 14.4 Å². The summed E-state index contributed by atoms with van der Waals surface area (Å²) in [7, 11) is 0. The van der Waals surface area contributed by atoms with E-state index in [1.54, 1.807) is 37.3 Å². The summed E-state index contributed by atoms with van der Waals surface area (Å²) in [6, 6.07) is 9.38. The van der Waals surface area contributed by atoms with Crippen LogP contribution in [0, 0.1) is 0 Å². The maximum absolute atomic E-state index is 12.4. The van der Waals surface area contributed by atoms with Crippen LogP contribution in [-0.4, -0.2) is 35.4 Å². The highest BCUT2D eigenvalue weighted by atomic mass is 16.5. The predicted octanol–water partition coefficient (Wildman–Crippen LogP) is 3.04. The van der Waals surface area contributed by atoms with Crippen molar-refractivity contribution in [3.05, 3.63) is 59.4 Å². The number of esters is 1. The molecule has 27 heavy (non-hydrogen) atoms. The first-order chi connectivity index (χ1) is 12.9. The number of carbonyl (C=O) groups is 3. The van der Waals surface area contributed by atoms with Crippen molar-refractivity contribution < 1.29 is 19.1 Å². The monoisotopic (exact) mass is 369 g/mol.